The minimum absolute atomic E-state index is 1.07. The normalized spacial score (nSPS) is 18.1. The molecule has 0 N–H and O–H groups in total. The fourth-order valence-corrected chi connectivity index (χ4v) is 3.34. The Morgan fingerprint density at radius 2 is 1.94 bits per heavy atom. The third kappa shape index (κ3) is 2.76. The number of nitrogens with zero attached hydrogens (tertiary/aromatic N) is 3. The van der Waals surface area contributed by atoms with Gasteiger partial charge in [-0.2, -0.15) is 0 Å². The first kappa shape index (κ1) is 12.3. The Morgan fingerprint density at radius 1 is 1.25 bits per heavy atom. The third-order valence-electron chi connectivity index (χ3n) is 3.06. The van der Waals surface area contributed by atoms with Crippen LogP contribution in [0.5, 0.6) is 0 Å². The van der Waals surface area contributed by atoms with Crippen LogP contribution in [0.1, 0.15) is 10.6 Å². The van der Waals surface area contributed by atoms with E-state index >= 15 is 0 Å². The van der Waals surface area contributed by atoms with Crippen molar-refractivity contribution in [3.05, 3.63) is 10.6 Å². The van der Waals surface area contributed by atoms with Crippen molar-refractivity contribution in [2.75, 3.05) is 43.0 Å². The zero-order chi connectivity index (χ0) is 11.5. The van der Waals surface area contributed by atoms with Crippen LogP contribution in [-0.2, 0) is 0 Å². The second-order valence-corrected chi connectivity index (χ2v) is 6.13. The molecule has 0 amide bonds. The highest BCUT2D eigenvalue weighted by Gasteiger charge is 2.19. The highest BCUT2D eigenvalue weighted by atomic mass is 79.9. The number of aromatic nitrogens is 1. The molecule has 1 aromatic rings. The predicted octanol–water partition coefficient (Wildman–Crippen LogP) is 2.28. The first-order valence-corrected chi connectivity index (χ1v) is 7.62. The van der Waals surface area contributed by atoms with E-state index < -0.39 is 0 Å². The molecule has 0 atom stereocenters. The Morgan fingerprint density at radius 3 is 2.44 bits per heavy atom. The van der Waals surface area contributed by atoms with E-state index in [4.69, 9.17) is 0 Å². The monoisotopic (exact) mass is 303 g/mol. The minimum atomic E-state index is 1.07. The molecule has 0 aliphatic carbocycles. The van der Waals surface area contributed by atoms with Gasteiger partial charge in [-0.25, -0.2) is 4.98 Å². The Kier molecular flexibility index (Phi) is 4.21. The maximum Gasteiger partial charge on any atom is 0.185 e. The average Bonchev–Trinajstić information content (AvgIpc) is 2.61. The largest absolute Gasteiger partial charge is 0.346 e. The van der Waals surface area contributed by atoms with Crippen LogP contribution in [-0.4, -0.2) is 47.9 Å². The van der Waals surface area contributed by atoms with Gasteiger partial charge in [0.25, 0.3) is 0 Å². The second-order valence-electron chi connectivity index (χ2n) is 4.16. The van der Waals surface area contributed by atoms with Gasteiger partial charge < -0.3 is 4.90 Å². The lowest BCUT2D eigenvalue weighted by molar-refractivity contribution is 0.274. The summed E-state index contributed by atoms with van der Waals surface area (Å²) in [6.07, 6.45) is 0. The van der Waals surface area contributed by atoms with Gasteiger partial charge in [0.2, 0.25) is 0 Å². The molecule has 1 saturated heterocycles. The summed E-state index contributed by atoms with van der Waals surface area (Å²) in [6.45, 7) is 9.93. The number of alkyl halides is 1. The molecule has 90 valence electrons. The molecule has 3 nitrogen and oxygen atoms in total. The summed E-state index contributed by atoms with van der Waals surface area (Å²) in [5.74, 6) is 0. The van der Waals surface area contributed by atoms with E-state index in [1.165, 1.54) is 15.7 Å². The van der Waals surface area contributed by atoms with Crippen LogP contribution in [0.3, 0.4) is 0 Å². The number of halogens is 1. The molecular formula is C11H18BrN3S. The molecule has 0 bridgehead atoms. The van der Waals surface area contributed by atoms with E-state index in [0.29, 0.717) is 0 Å². The van der Waals surface area contributed by atoms with Gasteiger partial charge in [-0.3, -0.25) is 4.90 Å². The van der Waals surface area contributed by atoms with Crippen molar-refractivity contribution >= 4 is 32.4 Å². The number of piperazine rings is 1. The maximum atomic E-state index is 4.62. The van der Waals surface area contributed by atoms with Crippen molar-refractivity contribution in [2.24, 2.45) is 0 Å². The first-order valence-electron chi connectivity index (χ1n) is 5.68. The number of aryl methyl sites for hydroxylation is 2. The van der Waals surface area contributed by atoms with E-state index in [1.54, 1.807) is 0 Å². The lowest BCUT2D eigenvalue weighted by Gasteiger charge is -2.34. The zero-order valence-electron chi connectivity index (χ0n) is 9.87. The van der Waals surface area contributed by atoms with Crippen molar-refractivity contribution in [1.29, 1.82) is 0 Å². The molecule has 1 fully saturated rings. The molecule has 0 radical (unpaired) electrons. The van der Waals surface area contributed by atoms with Gasteiger partial charge in [-0.15, -0.1) is 11.3 Å². The molecule has 1 aromatic heterocycles. The van der Waals surface area contributed by atoms with Gasteiger partial charge in [0.1, 0.15) is 0 Å². The van der Waals surface area contributed by atoms with Crippen LogP contribution in [0, 0.1) is 13.8 Å². The van der Waals surface area contributed by atoms with Crippen LogP contribution < -0.4 is 4.90 Å². The van der Waals surface area contributed by atoms with Gasteiger partial charge in [0.15, 0.2) is 5.13 Å². The summed E-state index contributed by atoms with van der Waals surface area (Å²) in [4.78, 5) is 10.9. The predicted molar refractivity (Wildman–Crippen MR) is 74.0 cm³/mol. The van der Waals surface area contributed by atoms with Gasteiger partial charge in [0, 0.05) is 42.9 Å². The molecule has 0 aromatic carbocycles. The van der Waals surface area contributed by atoms with E-state index in [9.17, 15) is 0 Å². The minimum Gasteiger partial charge on any atom is -0.346 e. The first-order chi connectivity index (χ1) is 7.70. The molecule has 2 rings (SSSR count). The Labute approximate surface area is 110 Å². The molecule has 0 unspecified atom stereocenters. The molecule has 16 heavy (non-hydrogen) atoms. The highest BCUT2D eigenvalue weighted by Crippen LogP contribution is 2.25. The molecule has 1 aliphatic heterocycles. The summed E-state index contributed by atoms with van der Waals surface area (Å²) in [7, 11) is 0. The third-order valence-corrected chi connectivity index (χ3v) is 4.55. The van der Waals surface area contributed by atoms with Crippen molar-refractivity contribution in [3.63, 3.8) is 0 Å². The molecule has 5 heteroatoms. The number of rotatable bonds is 3. The van der Waals surface area contributed by atoms with Crippen LogP contribution in [0.15, 0.2) is 0 Å². The van der Waals surface area contributed by atoms with Gasteiger partial charge in [0.05, 0.1) is 5.69 Å². The van der Waals surface area contributed by atoms with Gasteiger partial charge in [-0.05, 0) is 13.8 Å². The number of hydrogen-bond acceptors (Lipinski definition) is 4. The fourth-order valence-electron chi connectivity index (χ4n) is 1.87. The van der Waals surface area contributed by atoms with Crippen LogP contribution >= 0.6 is 27.3 Å². The van der Waals surface area contributed by atoms with Crippen molar-refractivity contribution < 1.29 is 0 Å². The summed E-state index contributed by atoms with van der Waals surface area (Å²) in [5, 5.41) is 2.27. The second kappa shape index (κ2) is 5.47. The van der Waals surface area contributed by atoms with Crippen molar-refractivity contribution in [3.8, 4) is 0 Å². The summed E-state index contributed by atoms with van der Waals surface area (Å²) in [5.41, 5.74) is 1.18. The standard InChI is InChI=1S/C11H18BrN3S/c1-9-10(2)16-11(13-9)15-7-5-14(4-3-12)6-8-15/h3-8H2,1-2H3. The molecule has 2 heterocycles. The van der Waals surface area contributed by atoms with Crippen molar-refractivity contribution in [2.45, 2.75) is 13.8 Å². The van der Waals surface area contributed by atoms with Crippen LogP contribution in [0.4, 0.5) is 5.13 Å². The fraction of sp³-hybridized carbons (Fsp3) is 0.727. The van der Waals surface area contributed by atoms with E-state index in [0.717, 1.165) is 38.1 Å². The lowest BCUT2D eigenvalue weighted by atomic mass is 10.3. The maximum absolute atomic E-state index is 4.62. The Bertz CT molecular complexity index is 325. The molecule has 0 spiro atoms. The van der Waals surface area contributed by atoms with Crippen LogP contribution in [0.2, 0.25) is 0 Å². The van der Waals surface area contributed by atoms with E-state index in [1.807, 2.05) is 11.3 Å². The number of hydrogen-bond donors (Lipinski definition) is 0. The highest BCUT2D eigenvalue weighted by molar-refractivity contribution is 9.09. The molecule has 0 saturated carbocycles. The molecule has 1 aliphatic rings. The summed E-state index contributed by atoms with van der Waals surface area (Å²) < 4.78 is 0. The number of thiazole rings is 1. The average molecular weight is 304 g/mol. The SMILES string of the molecule is Cc1nc(N2CCN(CCBr)CC2)sc1C. The summed E-state index contributed by atoms with van der Waals surface area (Å²) >= 11 is 5.31. The quantitative estimate of drug-likeness (QED) is 0.799. The Hall–Kier alpha value is -0.130. The topological polar surface area (TPSA) is 19.4 Å². The van der Waals surface area contributed by atoms with Crippen molar-refractivity contribution in [1.82, 2.24) is 9.88 Å². The van der Waals surface area contributed by atoms with E-state index in [2.05, 4.69) is 44.6 Å². The van der Waals surface area contributed by atoms with E-state index in [-0.39, 0.29) is 0 Å². The molecular weight excluding hydrogens is 286 g/mol. The van der Waals surface area contributed by atoms with Gasteiger partial charge >= 0.3 is 0 Å². The zero-order valence-corrected chi connectivity index (χ0v) is 12.3. The Balaban J connectivity index is 1.93. The summed E-state index contributed by atoms with van der Waals surface area (Å²) in [6, 6.07) is 0. The number of anilines is 1. The smallest absolute Gasteiger partial charge is 0.185 e. The van der Waals surface area contributed by atoms with Crippen LogP contribution in [0.25, 0.3) is 0 Å². The van der Waals surface area contributed by atoms with Gasteiger partial charge in [-0.1, -0.05) is 15.9 Å². The lowest BCUT2D eigenvalue weighted by Crippen LogP contribution is -2.46.